The normalized spacial score (nSPS) is 19.5. The highest BCUT2D eigenvalue weighted by molar-refractivity contribution is 7.92. The van der Waals surface area contributed by atoms with E-state index in [0.29, 0.717) is 47.6 Å². The van der Waals surface area contributed by atoms with Gasteiger partial charge >= 0.3 is 0 Å². The number of nitrogens with zero attached hydrogens (tertiary/aromatic N) is 2. The number of anilines is 3. The van der Waals surface area contributed by atoms with Crippen molar-refractivity contribution >= 4 is 33.1 Å². The molecule has 8 nitrogen and oxygen atoms in total. The van der Waals surface area contributed by atoms with Crippen molar-refractivity contribution < 1.29 is 18.3 Å². The minimum absolute atomic E-state index is 0.0666. The van der Waals surface area contributed by atoms with E-state index >= 15 is 0 Å². The zero-order valence-corrected chi connectivity index (χ0v) is 23.3. The molecule has 38 heavy (non-hydrogen) atoms. The van der Waals surface area contributed by atoms with E-state index in [1.165, 1.54) is 12.8 Å². The summed E-state index contributed by atoms with van der Waals surface area (Å²) < 4.78 is 26.2. The maximum Gasteiger partial charge on any atom is 0.259 e. The Bertz CT molecular complexity index is 1270. The van der Waals surface area contributed by atoms with Crippen LogP contribution in [0.5, 0.6) is 0 Å². The average molecular weight is 541 g/mol. The van der Waals surface area contributed by atoms with Gasteiger partial charge in [0.25, 0.3) is 5.91 Å². The molecule has 0 atom stereocenters. The quantitative estimate of drug-likeness (QED) is 0.410. The summed E-state index contributed by atoms with van der Waals surface area (Å²) in [5, 5.41) is 15.4. The molecule has 206 valence electrons. The van der Waals surface area contributed by atoms with Crippen LogP contribution >= 0.6 is 0 Å². The van der Waals surface area contributed by atoms with Crippen LogP contribution in [0.2, 0.25) is 0 Å². The van der Waals surface area contributed by atoms with Crippen LogP contribution < -0.4 is 15.5 Å². The highest BCUT2D eigenvalue weighted by Crippen LogP contribution is 2.54. The molecule has 0 unspecified atom stereocenters. The van der Waals surface area contributed by atoms with Crippen LogP contribution in [-0.4, -0.2) is 54.9 Å². The molecule has 5 rings (SSSR count). The summed E-state index contributed by atoms with van der Waals surface area (Å²) in [6.45, 7) is 5.79. The lowest BCUT2D eigenvalue weighted by Gasteiger charge is -2.34. The van der Waals surface area contributed by atoms with Gasteiger partial charge in [-0.05, 0) is 94.5 Å². The van der Waals surface area contributed by atoms with Crippen molar-refractivity contribution in [1.82, 2.24) is 4.98 Å². The Morgan fingerprint density at radius 2 is 1.82 bits per heavy atom. The molecule has 2 heterocycles. The second kappa shape index (κ2) is 10.5. The van der Waals surface area contributed by atoms with Gasteiger partial charge in [0, 0.05) is 30.9 Å². The Balaban J connectivity index is 1.39. The zero-order valence-electron chi connectivity index (χ0n) is 22.5. The molecule has 2 aromatic rings. The summed E-state index contributed by atoms with van der Waals surface area (Å²) in [6, 6.07) is 10.2. The molecule has 2 aliphatic carbocycles. The van der Waals surface area contributed by atoms with Crippen molar-refractivity contribution in [3.8, 4) is 0 Å². The largest absolute Gasteiger partial charge is 0.396 e. The summed E-state index contributed by atoms with van der Waals surface area (Å²) in [4.78, 5) is 20.9. The number of piperidine rings is 1. The third-order valence-electron chi connectivity index (χ3n) is 8.57. The van der Waals surface area contributed by atoms with Crippen LogP contribution in [0.15, 0.2) is 41.3 Å². The molecule has 1 aromatic heterocycles. The number of aliphatic hydroxyl groups is 1. The summed E-state index contributed by atoms with van der Waals surface area (Å²) in [6.07, 6.45) is 8.62. The number of amides is 1. The van der Waals surface area contributed by atoms with E-state index < -0.39 is 9.84 Å². The molecule has 1 aromatic carbocycles. The summed E-state index contributed by atoms with van der Waals surface area (Å²) in [5.74, 6) is 0.986. The number of pyridine rings is 1. The van der Waals surface area contributed by atoms with Gasteiger partial charge in [-0.25, -0.2) is 13.4 Å². The number of sulfone groups is 1. The standard InChI is InChI=1S/C29H40N4O4S/c1-28(2,16-19-34)32-25-11-10-24(26(31-25)33-17-14-29(12-13-29)15-18-33)27(35)30-21-6-5-9-23(20-21)38(36,37)22-7-3-4-8-22/h5-6,9-11,20,22,34H,3-4,7-8,12-19H2,1-2H3,(H,30,35)(H,31,32). The lowest BCUT2D eigenvalue weighted by molar-refractivity contribution is 0.102. The van der Waals surface area contributed by atoms with Crippen LogP contribution in [0.25, 0.3) is 0 Å². The Labute approximate surface area is 226 Å². The predicted molar refractivity (Wildman–Crippen MR) is 151 cm³/mol. The van der Waals surface area contributed by atoms with Gasteiger partial charge in [0.15, 0.2) is 9.84 Å². The van der Waals surface area contributed by atoms with Gasteiger partial charge in [-0.1, -0.05) is 18.9 Å². The highest BCUT2D eigenvalue weighted by atomic mass is 32.2. The summed E-state index contributed by atoms with van der Waals surface area (Å²) in [5.41, 5.74) is 1.06. The van der Waals surface area contributed by atoms with Gasteiger partial charge in [0.05, 0.1) is 15.7 Å². The van der Waals surface area contributed by atoms with Crippen LogP contribution in [-0.2, 0) is 9.84 Å². The fourth-order valence-electron chi connectivity index (χ4n) is 5.84. The van der Waals surface area contributed by atoms with Crippen molar-refractivity contribution in [3.63, 3.8) is 0 Å². The Kier molecular flexibility index (Phi) is 7.44. The number of carbonyl (C=O) groups is 1. The number of benzene rings is 1. The SMILES string of the molecule is CC(C)(CCO)Nc1ccc(C(=O)Nc2cccc(S(=O)(=O)C3CCCC3)c2)c(N2CCC3(CC2)CC3)n1. The van der Waals surface area contributed by atoms with Gasteiger partial charge in [0.2, 0.25) is 0 Å². The molecule has 1 spiro atoms. The Morgan fingerprint density at radius 3 is 2.47 bits per heavy atom. The number of aliphatic hydroxyl groups excluding tert-OH is 1. The molecule has 1 amide bonds. The van der Waals surface area contributed by atoms with Crippen LogP contribution in [0, 0.1) is 5.41 Å². The minimum atomic E-state index is -3.42. The third-order valence-corrected chi connectivity index (χ3v) is 10.8. The molecule has 9 heteroatoms. The van der Waals surface area contributed by atoms with Gasteiger partial charge < -0.3 is 20.6 Å². The van der Waals surface area contributed by atoms with Gasteiger partial charge in [-0.3, -0.25) is 4.79 Å². The second-order valence-corrected chi connectivity index (χ2v) is 14.2. The average Bonchev–Trinajstić information content (AvgIpc) is 3.38. The first kappa shape index (κ1) is 26.9. The first-order valence-electron chi connectivity index (χ1n) is 13.9. The molecule has 2 saturated carbocycles. The van der Waals surface area contributed by atoms with Gasteiger partial charge in [-0.15, -0.1) is 0 Å². The van der Waals surface area contributed by atoms with Crippen molar-refractivity contribution in [2.75, 3.05) is 35.2 Å². The van der Waals surface area contributed by atoms with Crippen LogP contribution in [0.3, 0.4) is 0 Å². The van der Waals surface area contributed by atoms with Crippen molar-refractivity contribution in [2.45, 2.75) is 87.3 Å². The maximum atomic E-state index is 13.6. The van der Waals surface area contributed by atoms with E-state index in [9.17, 15) is 18.3 Å². The number of nitrogens with one attached hydrogen (secondary N) is 2. The highest BCUT2D eigenvalue weighted by Gasteiger charge is 2.45. The first-order chi connectivity index (χ1) is 18.1. The monoisotopic (exact) mass is 540 g/mol. The number of hydrogen-bond donors (Lipinski definition) is 3. The topological polar surface area (TPSA) is 112 Å². The summed E-state index contributed by atoms with van der Waals surface area (Å²) in [7, 11) is -3.42. The first-order valence-corrected chi connectivity index (χ1v) is 15.5. The van der Waals surface area contributed by atoms with Crippen molar-refractivity contribution in [2.24, 2.45) is 5.41 Å². The van der Waals surface area contributed by atoms with Crippen molar-refractivity contribution in [3.05, 3.63) is 42.0 Å². The van der Waals surface area contributed by atoms with E-state index in [0.717, 1.165) is 38.8 Å². The number of aromatic nitrogens is 1. The van der Waals surface area contributed by atoms with E-state index in [2.05, 4.69) is 15.5 Å². The Hall–Kier alpha value is -2.65. The van der Waals surface area contributed by atoms with E-state index in [1.807, 2.05) is 13.8 Å². The third kappa shape index (κ3) is 5.83. The predicted octanol–water partition coefficient (Wildman–Crippen LogP) is 5.00. The minimum Gasteiger partial charge on any atom is -0.396 e. The van der Waals surface area contributed by atoms with E-state index in [4.69, 9.17) is 4.98 Å². The molecule has 3 fully saturated rings. The molecule has 1 saturated heterocycles. The fraction of sp³-hybridized carbons (Fsp3) is 0.586. The molecule has 1 aliphatic heterocycles. The molecule has 3 N–H and O–H groups in total. The fourth-order valence-corrected chi connectivity index (χ4v) is 7.73. The molecular weight excluding hydrogens is 500 g/mol. The molecule has 3 aliphatic rings. The smallest absolute Gasteiger partial charge is 0.259 e. The van der Waals surface area contributed by atoms with E-state index in [-0.39, 0.29) is 28.2 Å². The van der Waals surface area contributed by atoms with Crippen molar-refractivity contribution in [1.29, 1.82) is 0 Å². The zero-order chi connectivity index (χ0) is 27.0. The Morgan fingerprint density at radius 1 is 1.11 bits per heavy atom. The second-order valence-electron chi connectivity index (χ2n) is 12.0. The van der Waals surface area contributed by atoms with E-state index in [1.54, 1.807) is 36.4 Å². The number of hydrogen-bond acceptors (Lipinski definition) is 7. The van der Waals surface area contributed by atoms with Crippen LogP contribution in [0.1, 0.15) is 82.0 Å². The lowest BCUT2D eigenvalue weighted by atomic mass is 9.93. The number of carbonyl (C=O) groups excluding carboxylic acids is 1. The number of rotatable bonds is 9. The lowest BCUT2D eigenvalue weighted by Crippen LogP contribution is -2.37. The molecule has 0 bridgehead atoms. The van der Waals surface area contributed by atoms with Crippen LogP contribution in [0.4, 0.5) is 17.3 Å². The summed E-state index contributed by atoms with van der Waals surface area (Å²) >= 11 is 0. The molecular formula is C29H40N4O4S. The molecule has 0 radical (unpaired) electrons. The van der Waals surface area contributed by atoms with Gasteiger partial charge in [-0.2, -0.15) is 0 Å². The van der Waals surface area contributed by atoms with Gasteiger partial charge in [0.1, 0.15) is 11.6 Å². The maximum absolute atomic E-state index is 13.6.